The lowest BCUT2D eigenvalue weighted by atomic mass is 10.3. The van der Waals surface area contributed by atoms with E-state index in [1.807, 2.05) is 30.5 Å². The maximum absolute atomic E-state index is 12.3. The standard InChI is InChI=1S/C17H21N5OS/c1-24-15-5-3-2-4-14(15)20-17(23)13-21-8-10-22(11-9-21)16-12-18-6-7-19-16/h2-7,12H,8-11,13H2,1H3,(H,20,23). The third-order valence-corrected chi connectivity index (χ3v) is 4.79. The van der Waals surface area contributed by atoms with Gasteiger partial charge >= 0.3 is 0 Å². The van der Waals surface area contributed by atoms with Crippen molar-refractivity contribution in [3.05, 3.63) is 42.9 Å². The van der Waals surface area contributed by atoms with Crippen molar-refractivity contribution in [2.75, 3.05) is 49.2 Å². The summed E-state index contributed by atoms with van der Waals surface area (Å²) in [6.45, 7) is 3.81. The van der Waals surface area contributed by atoms with Gasteiger partial charge in [-0.15, -0.1) is 11.8 Å². The second kappa shape index (κ2) is 8.12. The first-order valence-electron chi connectivity index (χ1n) is 7.92. The summed E-state index contributed by atoms with van der Waals surface area (Å²) >= 11 is 1.63. The van der Waals surface area contributed by atoms with E-state index < -0.39 is 0 Å². The van der Waals surface area contributed by atoms with Crippen molar-refractivity contribution in [1.82, 2.24) is 14.9 Å². The van der Waals surface area contributed by atoms with Crippen LogP contribution in [0.1, 0.15) is 0 Å². The third-order valence-electron chi connectivity index (χ3n) is 3.99. The Morgan fingerprint density at radius 1 is 1.21 bits per heavy atom. The Bertz CT molecular complexity index is 674. The van der Waals surface area contributed by atoms with Gasteiger partial charge in [0.05, 0.1) is 18.4 Å². The second-order valence-corrected chi connectivity index (χ2v) is 6.42. The SMILES string of the molecule is CSc1ccccc1NC(=O)CN1CCN(c2cnccn2)CC1. The molecule has 0 radical (unpaired) electrons. The topological polar surface area (TPSA) is 61.4 Å². The van der Waals surface area contributed by atoms with Crippen molar-refractivity contribution in [2.24, 2.45) is 0 Å². The Morgan fingerprint density at radius 3 is 2.71 bits per heavy atom. The summed E-state index contributed by atoms with van der Waals surface area (Å²) in [6, 6.07) is 7.87. The fourth-order valence-corrected chi connectivity index (χ4v) is 3.28. The number of benzene rings is 1. The van der Waals surface area contributed by atoms with Gasteiger partial charge in [0.2, 0.25) is 5.91 Å². The number of aromatic nitrogens is 2. The Balaban J connectivity index is 1.50. The Kier molecular flexibility index (Phi) is 5.66. The number of thioether (sulfide) groups is 1. The zero-order valence-electron chi connectivity index (χ0n) is 13.7. The number of carbonyl (C=O) groups excluding carboxylic acids is 1. The van der Waals surface area contributed by atoms with Crippen LogP contribution in [0.15, 0.2) is 47.8 Å². The van der Waals surface area contributed by atoms with E-state index in [9.17, 15) is 4.79 Å². The van der Waals surface area contributed by atoms with E-state index in [1.54, 1.807) is 30.4 Å². The largest absolute Gasteiger partial charge is 0.353 e. The van der Waals surface area contributed by atoms with Crippen LogP contribution in [0.25, 0.3) is 0 Å². The lowest BCUT2D eigenvalue weighted by Crippen LogP contribution is -2.49. The van der Waals surface area contributed by atoms with Crippen LogP contribution in [0.2, 0.25) is 0 Å². The van der Waals surface area contributed by atoms with Gasteiger partial charge in [0.15, 0.2) is 0 Å². The van der Waals surface area contributed by atoms with E-state index in [0.29, 0.717) is 6.54 Å². The molecule has 0 spiro atoms. The first kappa shape index (κ1) is 16.7. The van der Waals surface area contributed by atoms with E-state index in [-0.39, 0.29) is 5.91 Å². The summed E-state index contributed by atoms with van der Waals surface area (Å²) in [6.07, 6.45) is 7.17. The monoisotopic (exact) mass is 343 g/mol. The van der Waals surface area contributed by atoms with Crippen LogP contribution in [0.3, 0.4) is 0 Å². The number of nitrogens with zero attached hydrogens (tertiary/aromatic N) is 4. The molecular formula is C17H21N5OS. The zero-order chi connectivity index (χ0) is 16.8. The molecule has 1 aromatic carbocycles. The van der Waals surface area contributed by atoms with Gasteiger partial charge < -0.3 is 10.2 Å². The summed E-state index contributed by atoms with van der Waals surface area (Å²) in [4.78, 5) is 26.2. The van der Waals surface area contributed by atoms with Crippen LogP contribution in [0.5, 0.6) is 0 Å². The smallest absolute Gasteiger partial charge is 0.238 e. The summed E-state index contributed by atoms with van der Waals surface area (Å²) in [7, 11) is 0. The Morgan fingerprint density at radius 2 is 2.00 bits per heavy atom. The van der Waals surface area contributed by atoms with Gasteiger partial charge in [-0.05, 0) is 18.4 Å². The van der Waals surface area contributed by atoms with Crippen molar-refractivity contribution < 1.29 is 4.79 Å². The van der Waals surface area contributed by atoms with Gasteiger partial charge in [-0.1, -0.05) is 12.1 Å². The highest BCUT2D eigenvalue weighted by atomic mass is 32.2. The quantitative estimate of drug-likeness (QED) is 0.838. The number of nitrogens with one attached hydrogen (secondary N) is 1. The molecule has 0 bridgehead atoms. The number of hydrogen-bond donors (Lipinski definition) is 1. The van der Waals surface area contributed by atoms with Gasteiger partial charge in [0, 0.05) is 43.5 Å². The molecule has 1 aromatic heterocycles. The third kappa shape index (κ3) is 4.24. The van der Waals surface area contributed by atoms with Gasteiger partial charge in [0.25, 0.3) is 0 Å². The lowest BCUT2D eigenvalue weighted by molar-refractivity contribution is -0.117. The Hall–Kier alpha value is -2.12. The molecule has 1 fully saturated rings. The van der Waals surface area contributed by atoms with E-state index in [0.717, 1.165) is 42.6 Å². The van der Waals surface area contributed by atoms with Crippen LogP contribution in [0, 0.1) is 0 Å². The second-order valence-electron chi connectivity index (χ2n) is 5.58. The van der Waals surface area contributed by atoms with Gasteiger partial charge in [0.1, 0.15) is 5.82 Å². The molecule has 7 heteroatoms. The molecule has 3 rings (SSSR count). The van der Waals surface area contributed by atoms with Crippen molar-refractivity contribution in [3.63, 3.8) is 0 Å². The molecule has 24 heavy (non-hydrogen) atoms. The minimum absolute atomic E-state index is 0.0319. The summed E-state index contributed by atoms with van der Waals surface area (Å²) < 4.78 is 0. The summed E-state index contributed by atoms with van der Waals surface area (Å²) in [5.74, 6) is 0.931. The molecule has 1 amide bonds. The summed E-state index contributed by atoms with van der Waals surface area (Å²) in [5.41, 5.74) is 0.883. The van der Waals surface area contributed by atoms with Crippen molar-refractivity contribution in [1.29, 1.82) is 0 Å². The molecule has 0 saturated carbocycles. The summed E-state index contributed by atoms with van der Waals surface area (Å²) in [5, 5.41) is 3.01. The molecule has 0 unspecified atom stereocenters. The number of piperazine rings is 1. The molecule has 2 aromatic rings. The first-order chi connectivity index (χ1) is 11.8. The maximum Gasteiger partial charge on any atom is 0.238 e. The van der Waals surface area contributed by atoms with Crippen LogP contribution < -0.4 is 10.2 Å². The van der Waals surface area contributed by atoms with Gasteiger partial charge in [-0.3, -0.25) is 14.7 Å². The van der Waals surface area contributed by atoms with Crippen molar-refractivity contribution in [2.45, 2.75) is 4.90 Å². The molecule has 2 heterocycles. The molecule has 1 saturated heterocycles. The predicted molar refractivity (Wildman–Crippen MR) is 97.5 cm³/mol. The average Bonchev–Trinajstić information content (AvgIpc) is 2.63. The number of para-hydroxylation sites is 1. The number of anilines is 2. The molecule has 0 aliphatic carbocycles. The van der Waals surface area contributed by atoms with Crippen molar-refractivity contribution in [3.8, 4) is 0 Å². The average molecular weight is 343 g/mol. The zero-order valence-corrected chi connectivity index (χ0v) is 14.5. The fourth-order valence-electron chi connectivity index (χ4n) is 2.73. The highest BCUT2D eigenvalue weighted by molar-refractivity contribution is 7.98. The van der Waals surface area contributed by atoms with Crippen LogP contribution >= 0.6 is 11.8 Å². The molecule has 0 atom stereocenters. The molecule has 1 N–H and O–H groups in total. The van der Waals surface area contributed by atoms with Crippen molar-refractivity contribution >= 4 is 29.2 Å². The Labute approximate surface area is 146 Å². The van der Waals surface area contributed by atoms with E-state index >= 15 is 0 Å². The molecule has 6 nitrogen and oxygen atoms in total. The number of carbonyl (C=O) groups is 1. The highest BCUT2D eigenvalue weighted by Crippen LogP contribution is 2.24. The predicted octanol–water partition coefficient (Wildman–Crippen LogP) is 1.96. The van der Waals surface area contributed by atoms with Gasteiger partial charge in [-0.25, -0.2) is 4.98 Å². The minimum atomic E-state index is 0.0319. The number of amides is 1. The van der Waals surface area contributed by atoms with E-state index in [1.165, 1.54) is 0 Å². The highest BCUT2D eigenvalue weighted by Gasteiger charge is 2.20. The minimum Gasteiger partial charge on any atom is -0.353 e. The van der Waals surface area contributed by atoms with Crippen LogP contribution in [-0.4, -0.2) is 59.8 Å². The van der Waals surface area contributed by atoms with Gasteiger partial charge in [-0.2, -0.15) is 0 Å². The first-order valence-corrected chi connectivity index (χ1v) is 9.15. The normalized spacial score (nSPS) is 15.3. The molecule has 1 aliphatic rings. The van der Waals surface area contributed by atoms with E-state index in [4.69, 9.17) is 0 Å². The molecular weight excluding hydrogens is 322 g/mol. The van der Waals surface area contributed by atoms with Crippen LogP contribution in [0.4, 0.5) is 11.5 Å². The molecule has 1 aliphatic heterocycles. The number of rotatable bonds is 5. The van der Waals surface area contributed by atoms with E-state index in [2.05, 4.69) is 25.1 Å². The fraction of sp³-hybridized carbons (Fsp3) is 0.353. The lowest BCUT2D eigenvalue weighted by Gasteiger charge is -2.34. The maximum atomic E-state index is 12.3. The van der Waals surface area contributed by atoms with Crippen LogP contribution in [-0.2, 0) is 4.79 Å². The number of hydrogen-bond acceptors (Lipinski definition) is 6. The molecule has 126 valence electrons.